The maximum Gasteiger partial charge on any atom is 0.132 e. The Morgan fingerprint density at radius 2 is 1.93 bits per heavy atom. The Kier molecular flexibility index (Phi) is 8.27. The lowest BCUT2D eigenvalue weighted by Crippen LogP contribution is -2.70. The maximum atomic E-state index is 3.52. The van der Waals surface area contributed by atoms with E-state index in [1.165, 1.54) is 12.8 Å². The molecule has 0 aliphatic rings. The predicted molar refractivity (Wildman–Crippen MR) is 70.9 cm³/mol. The molecule has 0 aliphatic heterocycles. The van der Waals surface area contributed by atoms with Crippen molar-refractivity contribution in [3.8, 4) is 0 Å². The van der Waals surface area contributed by atoms with Gasteiger partial charge in [-0.05, 0) is 27.1 Å². The van der Waals surface area contributed by atoms with E-state index in [9.17, 15) is 0 Å². The average Bonchev–Trinajstić information content (AvgIpc) is 2.28. The summed E-state index contributed by atoms with van der Waals surface area (Å²) in [5.74, 6) is -0.0646. The van der Waals surface area contributed by atoms with Crippen LogP contribution in [0.4, 0.5) is 0 Å². The number of unbranched alkanes of at least 4 members (excludes halogenated alkanes) is 1. The standard InChI is InChI=1S/C10H28N4Si/c1-5-7-8-14(6-2)10(12-4,13-15)9-11-3/h11-13H,5-9H2,1-4,15H3. The summed E-state index contributed by atoms with van der Waals surface area (Å²) in [6.45, 7) is 7.59. The van der Waals surface area contributed by atoms with Crippen LogP contribution in [0.2, 0.25) is 0 Å². The van der Waals surface area contributed by atoms with Crippen molar-refractivity contribution in [2.24, 2.45) is 0 Å². The summed E-state index contributed by atoms with van der Waals surface area (Å²) in [4.78, 5) is 5.99. The molecule has 0 aromatic heterocycles. The van der Waals surface area contributed by atoms with E-state index in [-0.39, 0.29) is 5.79 Å². The Morgan fingerprint density at radius 1 is 1.27 bits per heavy atom. The number of nitrogens with one attached hydrogen (secondary N) is 3. The molecule has 0 bridgehead atoms. The largest absolute Gasteiger partial charge is 0.316 e. The molecule has 0 rings (SSSR count). The molecule has 0 spiro atoms. The van der Waals surface area contributed by atoms with Crippen LogP contribution in [-0.4, -0.2) is 54.8 Å². The van der Waals surface area contributed by atoms with Gasteiger partial charge >= 0.3 is 0 Å². The highest BCUT2D eigenvalue weighted by molar-refractivity contribution is 6.04. The molecule has 92 valence electrons. The minimum Gasteiger partial charge on any atom is -0.316 e. The second kappa shape index (κ2) is 8.24. The first kappa shape index (κ1) is 15.1. The molecule has 0 heterocycles. The van der Waals surface area contributed by atoms with Crippen molar-refractivity contribution >= 4 is 10.4 Å². The van der Waals surface area contributed by atoms with Gasteiger partial charge in [0.25, 0.3) is 0 Å². The van der Waals surface area contributed by atoms with Crippen molar-refractivity contribution < 1.29 is 0 Å². The van der Waals surface area contributed by atoms with Crippen LogP contribution in [0.25, 0.3) is 0 Å². The van der Waals surface area contributed by atoms with E-state index in [0.717, 1.165) is 30.0 Å². The van der Waals surface area contributed by atoms with Crippen molar-refractivity contribution in [2.45, 2.75) is 32.5 Å². The topological polar surface area (TPSA) is 39.3 Å². The fourth-order valence-corrected chi connectivity index (χ4v) is 2.70. The summed E-state index contributed by atoms with van der Waals surface area (Å²) in [7, 11) is 5.01. The third-order valence-electron chi connectivity index (χ3n) is 2.96. The molecule has 15 heavy (non-hydrogen) atoms. The number of likely N-dealkylation sites (N-methyl/N-ethyl adjacent to an activating group) is 3. The average molecular weight is 232 g/mol. The lowest BCUT2D eigenvalue weighted by molar-refractivity contribution is 0.0551. The number of hydrogen-bond donors (Lipinski definition) is 3. The number of rotatable bonds is 9. The van der Waals surface area contributed by atoms with Gasteiger partial charge in [0.1, 0.15) is 5.79 Å². The van der Waals surface area contributed by atoms with Crippen LogP contribution in [0.1, 0.15) is 26.7 Å². The van der Waals surface area contributed by atoms with E-state index < -0.39 is 0 Å². The van der Waals surface area contributed by atoms with Crippen LogP contribution in [0, 0.1) is 0 Å². The van der Waals surface area contributed by atoms with Gasteiger partial charge in [-0.15, -0.1) is 0 Å². The molecule has 5 heteroatoms. The zero-order chi connectivity index (χ0) is 11.7. The van der Waals surface area contributed by atoms with E-state index in [0.29, 0.717) is 0 Å². The van der Waals surface area contributed by atoms with Crippen molar-refractivity contribution in [2.75, 3.05) is 33.7 Å². The van der Waals surface area contributed by atoms with E-state index >= 15 is 0 Å². The Balaban J connectivity index is 4.51. The lowest BCUT2D eigenvalue weighted by Gasteiger charge is -2.43. The number of nitrogens with zero attached hydrogens (tertiary/aromatic N) is 1. The molecule has 0 radical (unpaired) electrons. The van der Waals surface area contributed by atoms with Gasteiger partial charge in [-0.1, -0.05) is 20.3 Å². The minimum atomic E-state index is -0.0646. The molecular formula is C10H28N4Si. The van der Waals surface area contributed by atoms with Gasteiger partial charge < -0.3 is 10.3 Å². The fraction of sp³-hybridized carbons (Fsp3) is 1.00. The quantitative estimate of drug-likeness (QED) is 0.355. The van der Waals surface area contributed by atoms with Crippen LogP contribution in [0.3, 0.4) is 0 Å². The summed E-state index contributed by atoms with van der Waals surface area (Å²) in [6, 6.07) is 0. The lowest BCUT2D eigenvalue weighted by atomic mass is 10.2. The van der Waals surface area contributed by atoms with Gasteiger partial charge in [-0.25, -0.2) is 0 Å². The van der Waals surface area contributed by atoms with Gasteiger partial charge in [0.15, 0.2) is 0 Å². The van der Waals surface area contributed by atoms with Crippen molar-refractivity contribution in [3.05, 3.63) is 0 Å². The van der Waals surface area contributed by atoms with Crippen LogP contribution >= 0.6 is 0 Å². The minimum absolute atomic E-state index is 0.0646. The highest BCUT2D eigenvalue weighted by Gasteiger charge is 2.30. The van der Waals surface area contributed by atoms with Crippen LogP contribution < -0.4 is 15.6 Å². The molecule has 0 saturated heterocycles. The van der Waals surface area contributed by atoms with Crippen LogP contribution in [-0.2, 0) is 0 Å². The van der Waals surface area contributed by atoms with Crippen molar-refractivity contribution in [3.63, 3.8) is 0 Å². The molecule has 1 unspecified atom stereocenters. The van der Waals surface area contributed by atoms with Crippen molar-refractivity contribution in [1.82, 2.24) is 20.5 Å². The molecule has 4 nitrogen and oxygen atoms in total. The molecular weight excluding hydrogens is 204 g/mol. The van der Waals surface area contributed by atoms with E-state index in [4.69, 9.17) is 0 Å². The summed E-state index contributed by atoms with van der Waals surface area (Å²) in [5.41, 5.74) is 0. The highest BCUT2D eigenvalue weighted by atomic mass is 28.2. The van der Waals surface area contributed by atoms with E-state index in [2.05, 4.69) is 34.4 Å². The first-order chi connectivity index (χ1) is 7.20. The van der Waals surface area contributed by atoms with E-state index in [1.807, 2.05) is 14.1 Å². The fourth-order valence-electron chi connectivity index (χ4n) is 1.95. The third-order valence-corrected chi connectivity index (χ3v) is 3.79. The second-order valence-corrected chi connectivity index (χ2v) is 4.32. The zero-order valence-electron chi connectivity index (χ0n) is 11.0. The molecule has 1 atom stereocenters. The SMILES string of the molecule is CCCCN(CC)C(CNC)(NC)N[SiH3]. The third kappa shape index (κ3) is 4.20. The van der Waals surface area contributed by atoms with Gasteiger partial charge in [0.05, 0.1) is 10.4 Å². The molecule has 3 N–H and O–H groups in total. The Bertz CT molecular complexity index is 150. The van der Waals surface area contributed by atoms with Crippen molar-refractivity contribution in [1.29, 1.82) is 0 Å². The highest BCUT2D eigenvalue weighted by Crippen LogP contribution is 2.08. The normalized spacial score (nSPS) is 15.8. The van der Waals surface area contributed by atoms with Gasteiger partial charge in [-0.3, -0.25) is 10.2 Å². The molecule has 0 amide bonds. The van der Waals surface area contributed by atoms with Crippen LogP contribution in [0.15, 0.2) is 0 Å². The molecule has 0 saturated carbocycles. The first-order valence-electron chi connectivity index (χ1n) is 5.98. The van der Waals surface area contributed by atoms with Gasteiger partial charge in [0.2, 0.25) is 0 Å². The second-order valence-electron chi connectivity index (χ2n) is 3.82. The summed E-state index contributed by atoms with van der Waals surface area (Å²) < 4.78 is 0. The van der Waals surface area contributed by atoms with E-state index in [1.54, 1.807) is 0 Å². The first-order valence-corrected chi connectivity index (χ1v) is 6.98. The zero-order valence-corrected chi connectivity index (χ0v) is 13.0. The van der Waals surface area contributed by atoms with Gasteiger partial charge in [0, 0.05) is 13.1 Å². The molecule has 0 fully saturated rings. The Labute approximate surface area is 97.7 Å². The maximum absolute atomic E-state index is 3.52. The summed E-state index contributed by atoms with van der Waals surface area (Å²) >= 11 is 0. The Morgan fingerprint density at radius 3 is 2.27 bits per heavy atom. The molecule has 0 aromatic rings. The predicted octanol–water partition coefficient (Wildman–Crippen LogP) is -0.929. The molecule has 0 aliphatic carbocycles. The Hall–Kier alpha value is 0.0569. The monoisotopic (exact) mass is 232 g/mol. The van der Waals surface area contributed by atoms with Crippen LogP contribution in [0.5, 0.6) is 0 Å². The number of hydrogen-bond acceptors (Lipinski definition) is 4. The van der Waals surface area contributed by atoms with Gasteiger partial charge in [-0.2, -0.15) is 0 Å². The smallest absolute Gasteiger partial charge is 0.132 e. The summed E-state index contributed by atoms with van der Waals surface area (Å²) in [5, 5.41) is 6.67. The molecule has 0 aromatic carbocycles. The summed E-state index contributed by atoms with van der Waals surface area (Å²) in [6.07, 6.45) is 2.50.